The van der Waals surface area contributed by atoms with E-state index in [0.29, 0.717) is 44.0 Å². The average molecular weight is 422 g/mol. The monoisotopic (exact) mass is 422 g/mol. The molecule has 0 radical (unpaired) electrons. The molecule has 0 unspecified atom stereocenters. The molecule has 2 aromatic rings. The van der Waals surface area contributed by atoms with Crippen LogP contribution in [-0.2, 0) is 11.2 Å². The van der Waals surface area contributed by atoms with Crippen LogP contribution in [0.15, 0.2) is 65.9 Å². The molecular formula is C24H23FN2O4. The Labute approximate surface area is 179 Å². The van der Waals surface area contributed by atoms with Gasteiger partial charge in [-0.15, -0.1) is 0 Å². The molecule has 2 aliphatic heterocycles. The first kappa shape index (κ1) is 19.9. The number of hydrogen-bond donors (Lipinski definition) is 3. The number of allylic oxidation sites excluding steroid dienone is 1. The lowest BCUT2D eigenvalue weighted by atomic mass is 9.98. The minimum absolute atomic E-state index is 0.0155. The van der Waals surface area contributed by atoms with Crippen molar-refractivity contribution in [3.05, 3.63) is 82.9 Å². The second-order valence-electron chi connectivity index (χ2n) is 8.35. The van der Waals surface area contributed by atoms with Crippen LogP contribution in [0.25, 0.3) is 0 Å². The molecule has 1 amide bonds. The maximum absolute atomic E-state index is 13.1. The largest absolute Gasteiger partial charge is 0.458 e. The van der Waals surface area contributed by atoms with Crippen LogP contribution in [0.4, 0.5) is 10.1 Å². The SMILES string of the molecule is O=C1CCc2cc([C@H](O)CN3CC4=CC(Oc5ccc(F)cc5)=C[C@]4(O)C3)ccc2N1. The topological polar surface area (TPSA) is 82.0 Å². The molecule has 31 heavy (non-hydrogen) atoms. The molecule has 0 aromatic heterocycles. The van der Waals surface area contributed by atoms with Crippen LogP contribution in [0.1, 0.15) is 23.7 Å². The average Bonchev–Trinajstić information content (AvgIpc) is 3.19. The molecule has 160 valence electrons. The minimum Gasteiger partial charge on any atom is -0.458 e. The van der Waals surface area contributed by atoms with Crippen molar-refractivity contribution >= 4 is 11.6 Å². The highest BCUT2D eigenvalue weighted by molar-refractivity contribution is 5.93. The fraction of sp³-hybridized carbons (Fsp3) is 0.292. The van der Waals surface area contributed by atoms with E-state index in [-0.39, 0.29) is 11.7 Å². The second-order valence-corrected chi connectivity index (χ2v) is 8.35. The van der Waals surface area contributed by atoms with Crippen molar-refractivity contribution in [2.24, 2.45) is 0 Å². The van der Waals surface area contributed by atoms with E-state index in [1.54, 1.807) is 24.3 Å². The van der Waals surface area contributed by atoms with Gasteiger partial charge in [-0.3, -0.25) is 9.69 Å². The number of aliphatic hydroxyl groups excluding tert-OH is 1. The molecule has 1 aliphatic carbocycles. The number of benzene rings is 2. The number of anilines is 1. The maximum atomic E-state index is 13.1. The van der Waals surface area contributed by atoms with Gasteiger partial charge in [0.1, 0.15) is 22.9 Å². The third kappa shape index (κ3) is 3.99. The van der Waals surface area contributed by atoms with E-state index < -0.39 is 11.7 Å². The van der Waals surface area contributed by atoms with Crippen LogP contribution < -0.4 is 10.1 Å². The number of β-amino-alcohol motifs (C(OH)–C–C–N with tert-alkyl or cyclic N) is 2. The minimum atomic E-state index is -1.13. The van der Waals surface area contributed by atoms with Crippen molar-refractivity contribution in [2.75, 3.05) is 25.0 Å². The van der Waals surface area contributed by atoms with Gasteiger partial charge in [-0.05, 0) is 65.6 Å². The number of aliphatic hydroxyl groups is 2. The maximum Gasteiger partial charge on any atom is 0.224 e. The quantitative estimate of drug-likeness (QED) is 0.690. The highest BCUT2D eigenvalue weighted by atomic mass is 19.1. The smallest absolute Gasteiger partial charge is 0.224 e. The summed E-state index contributed by atoms with van der Waals surface area (Å²) in [5, 5.41) is 24.6. The molecule has 2 aromatic carbocycles. The number of carbonyl (C=O) groups is 1. The summed E-state index contributed by atoms with van der Waals surface area (Å²) in [6.07, 6.45) is 3.88. The molecular weight excluding hydrogens is 399 g/mol. The lowest BCUT2D eigenvalue weighted by Crippen LogP contribution is -2.33. The first-order valence-electron chi connectivity index (χ1n) is 10.3. The summed E-state index contributed by atoms with van der Waals surface area (Å²) in [5.41, 5.74) is 2.31. The molecule has 1 saturated heterocycles. The van der Waals surface area contributed by atoms with Crippen LogP contribution in [0, 0.1) is 5.82 Å². The number of nitrogens with zero attached hydrogens (tertiary/aromatic N) is 1. The molecule has 0 bridgehead atoms. The summed E-state index contributed by atoms with van der Waals surface area (Å²) < 4.78 is 18.8. The van der Waals surface area contributed by atoms with Crippen molar-refractivity contribution in [1.82, 2.24) is 4.90 Å². The number of hydrogen-bond acceptors (Lipinski definition) is 5. The Bertz CT molecular complexity index is 1100. The predicted molar refractivity (Wildman–Crippen MR) is 113 cm³/mol. The number of carbonyl (C=O) groups excluding carboxylic acids is 1. The zero-order valence-corrected chi connectivity index (χ0v) is 16.8. The Hall–Kier alpha value is -3.00. The van der Waals surface area contributed by atoms with Gasteiger partial charge < -0.3 is 20.3 Å². The van der Waals surface area contributed by atoms with E-state index >= 15 is 0 Å². The van der Waals surface area contributed by atoms with E-state index in [1.807, 2.05) is 23.1 Å². The second kappa shape index (κ2) is 7.60. The number of amides is 1. The molecule has 0 spiro atoms. The molecule has 6 nitrogen and oxygen atoms in total. The van der Waals surface area contributed by atoms with E-state index in [9.17, 15) is 19.4 Å². The first-order valence-corrected chi connectivity index (χ1v) is 10.3. The molecule has 2 heterocycles. The summed E-state index contributed by atoms with van der Waals surface area (Å²) in [7, 11) is 0. The molecule has 5 rings (SSSR count). The van der Waals surface area contributed by atoms with Gasteiger partial charge in [0, 0.05) is 31.7 Å². The Morgan fingerprint density at radius 1 is 1.19 bits per heavy atom. The van der Waals surface area contributed by atoms with Crippen molar-refractivity contribution in [3.8, 4) is 5.75 Å². The van der Waals surface area contributed by atoms with E-state index in [2.05, 4.69) is 5.32 Å². The van der Waals surface area contributed by atoms with Gasteiger partial charge in [-0.2, -0.15) is 0 Å². The van der Waals surface area contributed by atoms with Gasteiger partial charge in [0.2, 0.25) is 5.91 Å². The van der Waals surface area contributed by atoms with E-state index in [0.717, 1.165) is 22.4 Å². The van der Waals surface area contributed by atoms with E-state index in [1.165, 1.54) is 12.1 Å². The van der Waals surface area contributed by atoms with Crippen LogP contribution in [0.3, 0.4) is 0 Å². The Balaban J connectivity index is 1.23. The fourth-order valence-corrected chi connectivity index (χ4v) is 4.42. The molecule has 1 fully saturated rings. The highest BCUT2D eigenvalue weighted by Crippen LogP contribution is 2.37. The van der Waals surface area contributed by atoms with Crippen molar-refractivity contribution < 1.29 is 24.1 Å². The van der Waals surface area contributed by atoms with Crippen molar-refractivity contribution in [1.29, 1.82) is 0 Å². The molecule has 0 saturated carbocycles. The third-order valence-corrected chi connectivity index (χ3v) is 6.00. The van der Waals surface area contributed by atoms with E-state index in [4.69, 9.17) is 4.74 Å². The summed E-state index contributed by atoms with van der Waals surface area (Å²) in [5.74, 6) is 0.714. The zero-order valence-electron chi connectivity index (χ0n) is 16.8. The molecule has 7 heteroatoms. The number of nitrogens with one attached hydrogen (secondary N) is 1. The molecule has 3 aliphatic rings. The highest BCUT2D eigenvalue weighted by Gasteiger charge is 2.43. The van der Waals surface area contributed by atoms with Gasteiger partial charge in [0.05, 0.1) is 6.10 Å². The van der Waals surface area contributed by atoms with Crippen molar-refractivity contribution in [3.63, 3.8) is 0 Å². The summed E-state index contributed by atoms with van der Waals surface area (Å²) >= 11 is 0. The number of fused-ring (bicyclic) bond motifs is 2. The van der Waals surface area contributed by atoms with Gasteiger partial charge in [0.15, 0.2) is 0 Å². The Morgan fingerprint density at radius 2 is 2.00 bits per heavy atom. The zero-order chi connectivity index (χ0) is 21.6. The van der Waals surface area contributed by atoms with Crippen LogP contribution in [-0.4, -0.2) is 46.3 Å². The Morgan fingerprint density at radius 3 is 2.77 bits per heavy atom. The van der Waals surface area contributed by atoms with Gasteiger partial charge in [0.25, 0.3) is 0 Å². The summed E-state index contributed by atoms with van der Waals surface area (Å²) in [6.45, 7) is 1.25. The number of likely N-dealkylation sites (tertiary alicyclic amines) is 1. The predicted octanol–water partition coefficient (Wildman–Crippen LogP) is 2.69. The number of halogens is 1. The third-order valence-electron chi connectivity index (χ3n) is 6.00. The lowest BCUT2D eigenvalue weighted by molar-refractivity contribution is -0.116. The lowest BCUT2D eigenvalue weighted by Gasteiger charge is -2.23. The molecule has 2 atom stereocenters. The normalized spacial score (nSPS) is 23.5. The van der Waals surface area contributed by atoms with Gasteiger partial charge in [-0.1, -0.05) is 12.1 Å². The number of rotatable bonds is 5. The fourth-order valence-electron chi connectivity index (χ4n) is 4.42. The van der Waals surface area contributed by atoms with Crippen LogP contribution in [0.5, 0.6) is 5.75 Å². The number of ether oxygens (including phenoxy) is 1. The number of aryl methyl sites for hydroxylation is 1. The Kier molecular flexibility index (Phi) is 4.89. The van der Waals surface area contributed by atoms with Gasteiger partial charge >= 0.3 is 0 Å². The summed E-state index contributed by atoms with van der Waals surface area (Å²) in [6, 6.07) is 11.3. The van der Waals surface area contributed by atoms with Gasteiger partial charge in [-0.25, -0.2) is 4.39 Å². The molecule has 3 N–H and O–H groups in total. The summed E-state index contributed by atoms with van der Waals surface area (Å²) in [4.78, 5) is 13.5. The standard InChI is InChI=1S/C24H23FN2O4/c25-18-3-5-19(6-4-18)31-20-10-17-12-27(14-24(17,30)11-20)13-22(28)16-1-7-21-15(9-16)2-8-23(29)26-21/h1,3-7,9-11,22,28,30H,2,8,12-14H2,(H,26,29)/t22-,24+/m1/s1. The van der Waals surface area contributed by atoms with Crippen molar-refractivity contribution in [2.45, 2.75) is 24.5 Å². The van der Waals surface area contributed by atoms with Crippen LogP contribution in [0.2, 0.25) is 0 Å². The van der Waals surface area contributed by atoms with Crippen LogP contribution >= 0.6 is 0 Å². The first-order chi connectivity index (χ1) is 14.9.